The lowest BCUT2D eigenvalue weighted by Crippen LogP contribution is -2.26. The molecule has 1 rings (SSSR count). The Kier molecular flexibility index (Phi) is 3.71. The molecule has 0 saturated carbocycles. The Bertz CT molecular complexity index is 290. The van der Waals surface area contributed by atoms with Gasteiger partial charge in [-0.25, -0.2) is 0 Å². The summed E-state index contributed by atoms with van der Waals surface area (Å²) in [5.41, 5.74) is 0. The van der Waals surface area contributed by atoms with Crippen molar-refractivity contribution in [3.8, 4) is 0 Å². The molecule has 0 radical (unpaired) electrons. The van der Waals surface area contributed by atoms with Crippen molar-refractivity contribution in [3.63, 3.8) is 0 Å². The summed E-state index contributed by atoms with van der Waals surface area (Å²) in [4.78, 5) is 18.7. The Balaban J connectivity index is 2.86. The molecule has 0 fully saturated rings. The van der Waals surface area contributed by atoms with Gasteiger partial charge in [0.05, 0.1) is 5.16 Å². The second-order valence-electron chi connectivity index (χ2n) is 3.74. The van der Waals surface area contributed by atoms with Crippen molar-refractivity contribution >= 4 is 7.60 Å². The predicted molar refractivity (Wildman–Crippen MR) is 57.2 cm³/mol. The monoisotopic (exact) mass is 216 g/mol. The fraction of sp³-hybridized carbons (Fsp3) is 0.600. The maximum atomic E-state index is 11.4. The lowest BCUT2D eigenvalue weighted by atomic mass is 9.94. The minimum Gasteiger partial charge on any atom is -0.324 e. The van der Waals surface area contributed by atoms with Crippen molar-refractivity contribution in [2.75, 3.05) is 0 Å². The molecule has 0 heterocycles. The Morgan fingerprint density at radius 1 is 1.43 bits per heavy atom. The topological polar surface area (TPSA) is 57.5 Å². The number of rotatable bonds is 4. The van der Waals surface area contributed by atoms with Crippen LogP contribution in [0.2, 0.25) is 0 Å². The lowest BCUT2D eigenvalue weighted by molar-refractivity contribution is 0.331. The summed E-state index contributed by atoms with van der Waals surface area (Å²) in [6.45, 7) is 2.02. The van der Waals surface area contributed by atoms with Gasteiger partial charge in [0.25, 0.3) is 0 Å². The van der Waals surface area contributed by atoms with Crippen molar-refractivity contribution in [3.05, 3.63) is 24.3 Å². The van der Waals surface area contributed by atoms with Crippen LogP contribution in [0.5, 0.6) is 0 Å². The molecule has 3 nitrogen and oxygen atoms in total. The first kappa shape index (κ1) is 11.7. The maximum absolute atomic E-state index is 11.4. The minimum atomic E-state index is -4.04. The predicted octanol–water partition coefficient (Wildman–Crippen LogP) is 2.61. The molecule has 14 heavy (non-hydrogen) atoms. The zero-order chi connectivity index (χ0) is 10.7. The molecule has 0 aromatic rings. The molecule has 0 spiro atoms. The van der Waals surface area contributed by atoms with Gasteiger partial charge in [0.2, 0.25) is 0 Å². The highest BCUT2D eigenvalue weighted by Gasteiger charge is 2.43. The van der Waals surface area contributed by atoms with Gasteiger partial charge >= 0.3 is 7.60 Å². The molecule has 0 amide bonds. The Hall–Kier alpha value is -0.370. The molecule has 0 aliphatic heterocycles. The lowest BCUT2D eigenvalue weighted by Gasteiger charge is -2.31. The van der Waals surface area contributed by atoms with Gasteiger partial charge in [-0.05, 0) is 12.8 Å². The molecule has 1 unspecified atom stereocenters. The van der Waals surface area contributed by atoms with E-state index in [1.807, 2.05) is 19.1 Å². The van der Waals surface area contributed by atoms with Crippen LogP contribution in [0.15, 0.2) is 24.3 Å². The van der Waals surface area contributed by atoms with Gasteiger partial charge < -0.3 is 9.79 Å². The van der Waals surface area contributed by atoms with Gasteiger partial charge in [-0.15, -0.1) is 0 Å². The maximum Gasteiger partial charge on any atom is 0.335 e. The normalized spacial score (nSPS) is 26.8. The van der Waals surface area contributed by atoms with Crippen LogP contribution in [0.1, 0.15) is 32.6 Å². The molecule has 0 saturated heterocycles. The fourth-order valence-corrected chi connectivity index (χ4v) is 2.76. The number of allylic oxidation sites excluding steroid dienone is 4. The first-order chi connectivity index (χ1) is 6.52. The van der Waals surface area contributed by atoms with Crippen LogP contribution in [0, 0.1) is 0 Å². The van der Waals surface area contributed by atoms with E-state index >= 15 is 0 Å². The van der Waals surface area contributed by atoms with E-state index in [4.69, 9.17) is 0 Å². The molecule has 0 aromatic carbocycles. The van der Waals surface area contributed by atoms with Crippen LogP contribution in [-0.4, -0.2) is 14.9 Å². The van der Waals surface area contributed by atoms with Crippen LogP contribution in [0.4, 0.5) is 0 Å². The van der Waals surface area contributed by atoms with Crippen molar-refractivity contribution in [2.45, 2.75) is 37.8 Å². The van der Waals surface area contributed by atoms with E-state index in [-0.39, 0.29) is 0 Å². The van der Waals surface area contributed by atoms with E-state index < -0.39 is 12.8 Å². The van der Waals surface area contributed by atoms with Crippen molar-refractivity contribution in [1.29, 1.82) is 0 Å². The summed E-state index contributed by atoms with van der Waals surface area (Å²) in [6, 6.07) is 0. The van der Waals surface area contributed by atoms with Crippen LogP contribution >= 0.6 is 7.60 Å². The largest absolute Gasteiger partial charge is 0.335 e. The van der Waals surface area contributed by atoms with Crippen molar-refractivity contribution in [2.24, 2.45) is 0 Å². The van der Waals surface area contributed by atoms with Crippen LogP contribution in [-0.2, 0) is 4.57 Å². The zero-order valence-electron chi connectivity index (χ0n) is 8.39. The average molecular weight is 216 g/mol. The van der Waals surface area contributed by atoms with Crippen LogP contribution in [0.25, 0.3) is 0 Å². The van der Waals surface area contributed by atoms with Gasteiger partial charge in [0.15, 0.2) is 0 Å². The first-order valence-corrected chi connectivity index (χ1v) is 6.53. The van der Waals surface area contributed by atoms with Gasteiger partial charge in [-0.2, -0.15) is 0 Å². The summed E-state index contributed by atoms with van der Waals surface area (Å²) in [5.74, 6) is 0. The van der Waals surface area contributed by atoms with Crippen LogP contribution < -0.4 is 0 Å². The highest BCUT2D eigenvalue weighted by molar-refractivity contribution is 7.53. The molecule has 1 aliphatic rings. The average Bonchev–Trinajstić information content (AvgIpc) is 2.14. The number of hydrogen-bond acceptors (Lipinski definition) is 1. The second-order valence-corrected chi connectivity index (χ2v) is 5.72. The molecule has 4 heteroatoms. The Morgan fingerprint density at radius 2 is 2.14 bits per heavy atom. The first-order valence-electron chi connectivity index (χ1n) is 4.92. The van der Waals surface area contributed by atoms with Gasteiger partial charge in [0, 0.05) is 0 Å². The van der Waals surface area contributed by atoms with E-state index in [1.165, 1.54) is 0 Å². The zero-order valence-corrected chi connectivity index (χ0v) is 9.28. The number of hydrogen-bond donors (Lipinski definition) is 2. The molecule has 80 valence electrons. The molecule has 1 aliphatic carbocycles. The molecule has 2 N–H and O–H groups in total. The van der Waals surface area contributed by atoms with Gasteiger partial charge in [-0.1, -0.05) is 44.1 Å². The molecular formula is C10H17O3P. The van der Waals surface area contributed by atoms with E-state index in [1.54, 1.807) is 12.2 Å². The van der Waals surface area contributed by atoms with E-state index in [0.717, 1.165) is 12.8 Å². The minimum absolute atomic E-state index is 0.452. The van der Waals surface area contributed by atoms with E-state index in [9.17, 15) is 14.4 Å². The summed E-state index contributed by atoms with van der Waals surface area (Å²) in [6.07, 6.45) is 9.89. The quantitative estimate of drug-likeness (QED) is 0.710. The van der Waals surface area contributed by atoms with Gasteiger partial charge in [0.1, 0.15) is 0 Å². The molecule has 1 atom stereocenters. The smallest absolute Gasteiger partial charge is 0.324 e. The summed E-state index contributed by atoms with van der Waals surface area (Å²) in [7, 11) is -4.04. The Labute approximate surface area is 84.7 Å². The summed E-state index contributed by atoms with van der Waals surface area (Å²) >= 11 is 0. The number of unbranched alkanes of at least 4 members (excludes halogenated alkanes) is 1. The fourth-order valence-electron chi connectivity index (χ4n) is 1.68. The van der Waals surface area contributed by atoms with Gasteiger partial charge in [-0.3, -0.25) is 4.57 Å². The standard InChI is InChI=1S/C10H17O3P/c1-2-3-7-10(14(11,12)13)8-5-4-6-9-10/h4-6,8H,2-3,7,9H2,1H3,(H2,11,12,13). The molecule has 0 aromatic heterocycles. The van der Waals surface area contributed by atoms with E-state index in [2.05, 4.69) is 0 Å². The Morgan fingerprint density at radius 3 is 2.57 bits per heavy atom. The third-order valence-corrected chi connectivity index (χ3v) is 4.38. The molecular weight excluding hydrogens is 199 g/mol. The highest BCUT2D eigenvalue weighted by Crippen LogP contribution is 2.57. The molecule has 0 bridgehead atoms. The van der Waals surface area contributed by atoms with Crippen molar-refractivity contribution in [1.82, 2.24) is 0 Å². The summed E-state index contributed by atoms with van der Waals surface area (Å²) < 4.78 is 11.4. The van der Waals surface area contributed by atoms with E-state index in [0.29, 0.717) is 12.8 Å². The second kappa shape index (κ2) is 4.43. The summed E-state index contributed by atoms with van der Waals surface area (Å²) in [5, 5.41) is -0.933. The van der Waals surface area contributed by atoms with Crippen molar-refractivity contribution < 1.29 is 14.4 Å². The van der Waals surface area contributed by atoms with Crippen LogP contribution in [0.3, 0.4) is 0 Å². The third kappa shape index (κ3) is 2.35. The SMILES string of the molecule is CCCCC1(P(=O)(O)O)C=CC=CC1. The highest BCUT2D eigenvalue weighted by atomic mass is 31.2. The third-order valence-electron chi connectivity index (χ3n) is 2.67.